The summed E-state index contributed by atoms with van der Waals surface area (Å²) in [4.78, 5) is 11.8. The molecule has 28 heavy (non-hydrogen) atoms. The third-order valence-electron chi connectivity index (χ3n) is 3.59. The highest BCUT2D eigenvalue weighted by molar-refractivity contribution is 7.89. The molecule has 4 N–H and O–H groups in total. The van der Waals surface area contributed by atoms with Crippen LogP contribution < -0.4 is 20.5 Å². The van der Waals surface area contributed by atoms with Gasteiger partial charge in [-0.15, -0.1) is 13.2 Å². The molecule has 11 heteroatoms. The third-order valence-corrected chi connectivity index (χ3v) is 4.52. The number of hydrogen-bond donors (Lipinski definition) is 3. The Morgan fingerprint density at radius 2 is 1.68 bits per heavy atom. The Hall–Kier alpha value is -2.79. The van der Waals surface area contributed by atoms with E-state index >= 15 is 0 Å². The number of rotatable bonds is 7. The van der Waals surface area contributed by atoms with Crippen LogP contribution >= 0.6 is 0 Å². The van der Waals surface area contributed by atoms with Crippen molar-refractivity contribution >= 4 is 16.1 Å². The summed E-state index contributed by atoms with van der Waals surface area (Å²) in [5, 5.41) is 10.0. The van der Waals surface area contributed by atoms with Gasteiger partial charge < -0.3 is 15.4 Å². The standard InChI is InChI=1S/C17H18F3N3O4S/c18-17(19,20)27-15-4-2-1-3-13(15)11-23-16(24)22-10-9-12-5-7-14(8-6-12)28(21,25)26/h1-8H,9-11H2,(H2,21,25,26)(H2,22,23,24). The van der Waals surface area contributed by atoms with Crippen molar-refractivity contribution in [1.29, 1.82) is 0 Å². The number of para-hydroxylation sites is 1. The van der Waals surface area contributed by atoms with Gasteiger partial charge in [0.1, 0.15) is 5.75 Å². The number of primary sulfonamides is 1. The average molecular weight is 417 g/mol. The molecule has 2 amide bonds. The van der Waals surface area contributed by atoms with Crippen molar-refractivity contribution in [1.82, 2.24) is 10.6 Å². The molecule has 0 saturated carbocycles. The molecule has 152 valence electrons. The van der Waals surface area contributed by atoms with E-state index in [1.54, 1.807) is 12.1 Å². The molecule has 7 nitrogen and oxygen atoms in total. The molecule has 0 atom stereocenters. The van der Waals surface area contributed by atoms with Gasteiger partial charge in [0, 0.05) is 18.7 Å². The van der Waals surface area contributed by atoms with Gasteiger partial charge in [-0.25, -0.2) is 18.4 Å². The van der Waals surface area contributed by atoms with Crippen LogP contribution in [0, 0.1) is 0 Å². The first-order chi connectivity index (χ1) is 13.0. The van der Waals surface area contributed by atoms with Gasteiger partial charge in [0.25, 0.3) is 0 Å². The summed E-state index contributed by atoms with van der Waals surface area (Å²) in [7, 11) is -3.76. The molecule has 2 rings (SSSR count). The number of carbonyl (C=O) groups excluding carboxylic acids is 1. The van der Waals surface area contributed by atoms with E-state index in [0.29, 0.717) is 6.42 Å². The molecule has 0 bridgehead atoms. The second kappa shape index (κ2) is 8.93. The molecule has 0 radical (unpaired) electrons. The molecule has 0 unspecified atom stereocenters. The molecule has 2 aromatic carbocycles. The summed E-state index contributed by atoms with van der Waals surface area (Å²) in [6.07, 6.45) is -4.40. The van der Waals surface area contributed by atoms with Gasteiger partial charge in [-0.05, 0) is 30.2 Å². The van der Waals surface area contributed by atoms with E-state index in [-0.39, 0.29) is 29.3 Å². The first-order valence-electron chi connectivity index (χ1n) is 8.02. The fourth-order valence-corrected chi connectivity index (χ4v) is 2.79. The van der Waals surface area contributed by atoms with E-state index in [0.717, 1.165) is 11.6 Å². The van der Waals surface area contributed by atoms with Crippen LogP contribution in [0.2, 0.25) is 0 Å². The average Bonchev–Trinajstić information content (AvgIpc) is 2.59. The Labute approximate surface area is 159 Å². The maximum atomic E-state index is 12.4. The van der Waals surface area contributed by atoms with Crippen molar-refractivity contribution in [2.45, 2.75) is 24.2 Å². The Kier molecular flexibility index (Phi) is 6.86. The lowest BCUT2D eigenvalue weighted by Crippen LogP contribution is -2.36. The zero-order valence-corrected chi connectivity index (χ0v) is 15.3. The lowest BCUT2D eigenvalue weighted by Gasteiger charge is -2.14. The first-order valence-corrected chi connectivity index (χ1v) is 9.56. The summed E-state index contributed by atoms with van der Waals surface area (Å²) in [5.41, 5.74) is 0.949. The highest BCUT2D eigenvalue weighted by Crippen LogP contribution is 2.26. The predicted molar refractivity (Wildman–Crippen MR) is 94.9 cm³/mol. The number of nitrogens with one attached hydrogen (secondary N) is 2. The normalized spacial score (nSPS) is 11.7. The van der Waals surface area contributed by atoms with Crippen LogP contribution in [-0.2, 0) is 23.0 Å². The summed E-state index contributed by atoms with van der Waals surface area (Å²) in [6, 6.07) is 10.8. The second-order valence-corrected chi connectivity index (χ2v) is 7.27. The topological polar surface area (TPSA) is 111 Å². The van der Waals surface area contributed by atoms with Crippen molar-refractivity contribution in [2.24, 2.45) is 5.14 Å². The largest absolute Gasteiger partial charge is 0.573 e. The minimum Gasteiger partial charge on any atom is -0.405 e. The molecule has 0 saturated heterocycles. The maximum Gasteiger partial charge on any atom is 0.573 e. The van der Waals surface area contributed by atoms with Crippen molar-refractivity contribution in [3.05, 3.63) is 59.7 Å². The smallest absolute Gasteiger partial charge is 0.405 e. The van der Waals surface area contributed by atoms with Gasteiger partial charge in [0.15, 0.2) is 0 Å². The molecule has 0 spiro atoms. The molecule has 2 aromatic rings. The quantitative estimate of drug-likeness (QED) is 0.642. The van der Waals surface area contributed by atoms with Crippen LogP contribution in [0.1, 0.15) is 11.1 Å². The fraction of sp³-hybridized carbons (Fsp3) is 0.235. The highest BCUT2D eigenvalue weighted by Gasteiger charge is 2.31. The molecule has 0 heterocycles. The third kappa shape index (κ3) is 7.08. The number of carbonyl (C=O) groups is 1. The molecule has 0 aliphatic carbocycles. The van der Waals surface area contributed by atoms with Gasteiger partial charge >= 0.3 is 12.4 Å². The number of alkyl halides is 3. The lowest BCUT2D eigenvalue weighted by molar-refractivity contribution is -0.274. The lowest BCUT2D eigenvalue weighted by atomic mass is 10.1. The number of sulfonamides is 1. The van der Waals surface area contributed by atoms with E-state index in [9.17, 15) is 26.4 Å². The Morgan fingerprint density at radius 3 is 2.29 bits per heavy atom. The summed E-state index contributed by atoms with van der Waals surface area (Å²) in [6.45, 7) is 0.0857. The number of halogens is 3. The predicted octanol–water partition coefficient (Wildman–Crippen LogP) is 2.27. The van der Waals surface area contributed by atoms with E-state index in [1.807, 2.05) is 0 Å². The number of benzene rings is 2. The zero-order valence-electron chi connectivity index (χ0n) is 14.5. The molecule has 0 aliphatic rings. The SMILES string of the molecule is NS(=O)(=O)c1ccc(CCNC(=O)NCc2ccccc2OC(F)(F)F)cc1. The maximum absolute atomic E-state index is 12.4. The van der Waals surface area contributed by atoms with Gasteiger partial charge in [0.2, 0.25) is 10.0 Å². The number of ether oxygens (including phenoxy) is 1. The monoisotopic (exact) mass is 417 g/mol. The number of urea groups is 1. The van der Waals surface area contributed by atoms with Crippen molar-refractivity contribution in [3.8, 4) is 5.75 Å². The van der Waals surface area contributed by atoms with Crippen molar-refractivity contribution in [2.75, 3.05) is 6.54 Å². The minimum atomic E-state index is -4.82. The molecular formula is C17H18F3N3O4S. The van der Waals surface area contributed by atoms with Gasteiger partial charge in [-0.3, -0.25) is 0 Å². The van der Waals surface area contributed by atoms with Crippen molar-refractivity contribution < 1.29 is 31.1 Å². The van der Waals surface area contributed by atoms with E-state index < -0.39 is 22.4 Å². The van der Waals surface area contributed by atoms with E-state index in [2.05, 4.69) is 15.4 Å². The zero-order chi connectivity index (χ0) is 20.8. The second-order valence-electron chi connectivity index (χ2n) is 5.70. The van der Waals surface area contributed by atoms with Crippen LogP contribution in [0.5, 0.6) is 5.75 Å². The molecular weight excluding hydrogens is 399 g/mol. The van der Waals surface area contributed by atoms with Crippen LogP contribution in [-0.4, -0.2) is 27.4 Å². The minimum absolute atomic E-state index is 0.0123. The van der Waals surface area contributed by atoms with Gasteiger partial charge in [-0.2, -0.15) is 0 Å². The van der Waals surface area contributed by atoms with Crippen molar-refractivity contribution in [3.63, 3.8) is 0 Å². The highest BCUT2D eigenvalue weighted by atomic mass is 32.2. The molecule has 0 fully saturated rings. The summed E-state index contributed by atoms with van der Waals surface area (Å²) >= 11 is 0. The van der Waals surface area contributed by atoms with Crippen LogP contribution in [0.25, 0.3) is 0 Å². The van der Waals surface area contributed by atoms with E-state index in [1.165, 1.54) is 30.3 Å². The van der Waals surface area contributed by atoms with Crippen LogP contribution in [0.3, 0.4) is 0 Å². The molecule has 0 aliphatic heterocycles. The molecule has 0 aromatic heterocycles. The first kappa shape index (κ1) is 21.5. The Balaban J connectivity index is 1.81. The van der Waals surface area contributed by atoms with Crippen LogP contribution in [0.4, 0.5) is 18.0 Å². The number of nitrogens with two attached hydrogens (primary N) is 1. The van der Waals surface area contributed by atoms with E-state index in [4.69, 9.17) is 5.14 Å². The summed E-state index contributed by atoms with van der Waals surface area (Å²) in [5.74, 6) is -0.384. The van der Waals surface area contributed by atoms with Crippen LogP contribution in [0.15, 0.2) is 53.4 Å². The fourth-order valence-electron chi connectivity index (χ4n) is 2.28. The van der Waals surface area contributed by atoms with Gasteiger partial charge in [-0.1, -0.05) is 30.3 Å². The Bertz CT molecular complexity index is 916. The Morgan fingerprint density at radius 1 is 1.04 bits per heavy atom. The summed E-state index contributed by atoms with van der Waals surface area (Å²) < 4.78 is 63.4. The number of amides is 2. The number of hydrogen-bond acceptors (Lipinski definition) is 4. The van der Waals surface area contributed by atoms with Gasteiger partial charge in [0.05, 0.1) is 4.90 Å².